The Morgan fingerprint density at radius 3 is 2.80 bits per heavy atom. The number of piperidine rings is 1. The SMILES string of the molecule is NC(=O)C1CCCCN1C(=O)COc1ccccc1I. The van der Waals surface area contributed by atoms with Crippen molar-refractivity contribution in [2.75, 3.05) is 13.2 Å². The molecule has 0 aliphatic carbocycles. The van der Waals surface area contributed by atoms with Crippen LogP contribution in [0.25, 0.3) is 0 Å². The molecular formula is C14H17IN2O3. The first kappa shape index (κ1) is 15.1. The summed E-state index contributed by atoms with van der Waals surface area (Å²) in [6.07, 6.45) is 2.47. The number of halogens is 1. The van der Waals surface area contributed by atoms with Gasteiger partial charge in [0.15, 0.2) is 6.61 Å². The summed E-state index contributed by atoms with van der Waals surface area (Å²) < 4.78 is 6.48. The maximum Gasteiger partial charge on any atom is 0.261 e. The van der Waals surface area contributed by atoms with Crippen molar-refractivity contribution in [2.24, 2.45) is 5.73 Å². The van der Waals surface area contributed by atoms with E-state index >= 15 is 0 Å². The van der Waals surface area contributed by atoms with E-state index in [0.717, 1.165) is 16.4 Å². The number of amides is 2. The second kappa shape index (κ2) is 6.92. The van der Waals surface area contributed by atoms with E-state index in [1.807, 2.05) is 24.3 Å². The fourth-order valence-corrected chi connectivity index (χ4v) is 2.85. The number of likely N-dealkylation sites (tertiary alicyclic amines) is 1. The van der Waals surface area contributed by atoms with Gasteiger partial charge in [-0.2, -0.15) is 0 Å². The quantitative estimate of drug-likeness (QED) is 0.796. The zero-order valence-corrected chi connectivity index (χ0v) is 13.2. The first-order valence-corrected chi connectivity index (χ1v) is 7.63. The molecule has 6 heteroatoms. The molecule has 2 amide bonds. The minimum atomic E-state index is -0.491. The normalized spacial score (nSPS) is 18.6. The maximum atomic E-state index is 12.2. The van der Waals surface area contributed by atoms with Gasteiger partial charge in [-0.1, -0.05) is 12.1 Å². The molecule has 2 rings (SSSR count). The second-order valence-corrected chi connectivity index (χ2v) is 5.88. The van der Waals surface area contributed by atoms with Crippen LogP contribution in [0.2, 0.25) is 0 Å². The molecule has 1 heterocycles. The summed E-state index contributed by atoms with van der Waals surface area (Å²) >= 11 is 2.15. The molecule has 1 atom stereocenters. The predicted molar refractivity (Wildman–Crippen MR) is 83.2 cm³/mol. The standard InChI is InChI=1S/C14H17IN2O3/c15-10-5-1-2-7-12(10)20-9-13(18)17-8-4-3-6-11(17)14(16)19/h1-2,5,7,11H,3-4,6,8-9H2,(H2,16,19). The Kier molecular flexibility index (Phi) is 5.22. The molecule has 1 unspecified atom stereocenters. The van der Waals surface area contributed by atoms with Gasteiger partial charge >= 0.3 is 0 Å². The molecule has 0 saturated carbocycles. The smallest absolute Gasteiger partial charge is 0.261 e. The zero-order valence-electron chi connectivity index (χ0n) is 11.0. The number of carbonyl (C=O) groups is 2. The van der Waals surface area contributed by atoms with Crippen molar-refractivity contribution in [1.82, 2.24) is 4.90 Å². The van der Waals surface area contributed by atoms with Crippen LogP contribution in [0, 0.1) is 3.57 Å². The van der Waals surface area contributed by atoms with Crippen LogP contribution >= 0.6 is 22.6 Å². The second-order valence-electron chi connectivity index (χ2n) is 4.72. The van der Waals surface area contributed by atoms with E-state index in [0.29, 0.717) is 18.7 Å². The molecule has 1 saturated heterocycles. The average Bonchev–Trinajstić information content (AvgIpc) is 2.46. The van der Waals surface area contributed by atoms with E-state index < -0.39 is 11.9 Å². The summed E-state index contributed by atoms with van der Waals surface area (Å²) in [6, 6.07) is 7.00. The zero-order chi connectivity index (χ0) is 14.5. The van der Waals surface area contributed by atoms with Crippen molar-refractivity contribution in [1.29, 1.82) is 0 Å². The third-order valence-corrected chi connectivity index (χ3v) is 4.23. The highest BCUT2D eigenvalue weighted by Crippen LogP contribution is 2.21. The number of nitrogens with two attached hydrogens (primary N) is 1. The Hall–Kier alpha value is -1.31. The first-order chi connectivity index (χ1) is 9.59. The average molecular weight is 388 g/mol. The maximum absolute atomic E-state index is 12.2. The summed E-state index contributed by atoms with van der Waals surface area (Å²) in [5, 5.41) is 0. The van der Waals surface area contributed by atoms with Crippen molar-refractivity contribution in [2.45, 2.75) is 25.3 Å². The van der Waals surface area contributed by atoms with Crippen LogP contribution in [0.5, 0.6) is 5.75 Å². The minimum Gasteiger partial charge on any atom is -0.483 e. The summed E-state index contributed by atoms with van der Waals surface area (Å²) in [4.78, 5) is 25.1. The van der Waals surface area contributed by atoms with Gasteiger partial charge in [-0.25, -0.2) is 0 Å². The van der Waals surface area contributed by atoms with E-state index in [2.05, 4.69) is 22.6 Å². The first-order valence-electron chi connectivity index (χ1n) is 6.55. The lowest BCUT2D eigenvalue weighted by Gasteiger charge is -2.33. The van der Waals surface area contributed by atoms with Crippen LogP contribution in [0.1, 0.15) is 19.3 Å². The molecule has 2 N–H and O–H groups in total. The Bertz CT molecular complexity index is 507. The lowest BCUT2D eigenvalue weighted by atomic mass is 10.0. The van der Waals surface area contributed by atoms with Gasteiger partial charge in [-0.3, -0.25) is 9.59 Å². The summed E-state index contributed by atoms with van der Waals surface area (Å²) in [5.41, 5.74) is 5.35. The highest BCUT2D eigenvalue weighted by Gasteiger charge is 2.30. The molecule has 108 valence electrons. The monoisotopic (exact) mass is 388 g/mol. The molecular weight excluding hydrogens is 371 g/mol. The molecule has 1 aromatic carbocycles. The predicted octanol–water partition coefficient (Wildman–Crippen LogP) is 1.54. The number of rotatable bonds is 4. The van der Waals surface area contributed by atoms with Crippen molar-refractivity contribution in [3.05, 3.63) is 27.8 Å². The van der Waals surface area contributed by atoms with Gasteiger partial charge in [-0.15, -0.1) is 0 Å². The van der Waals surface area contributed by atoms with E-state index in [4.69, 9.17) is 10.5 Å². The van der Waals surface area contributed by atoms with Gasteiger partial charge in [0.1, 0.15) is 11.8 Å². The number of hydrogen-bond donors (Lipinski definition) is 1. The van der Waals surface area contributed by atoms with Gasteiger partial charge in [-0.05, 0) is 54.0 Å². The molecule has 1 aromatic rings. The lowest BCUT2D eigenvalue weighted by Crippen LogP contribution is -2.51. The largest absolute Gasteiger partial charge is 0.483 e. The number of ether oxygens (including phenoxy) is 1. The Morgan fingerprint density at radius 1 is 1.35 bits per heavy atom. The third-order valence-electron chi connectivity index (χ3n) is 3.34. The van der Waals surface area contributed by atoms with Crippen LogP contribution < -0.4 is 10.5 Å². The van der Waals surface area contributed by atoms with Crippen LogP contribution in [-0.4, -0.2) is 35.9 Å². The van der Waals surface area contributed by atoms with Gasteiger partial charge in [0, 0.05) is 6.54 Å². The van der Waals surface area contributed by atoms with Crippen LogP contribution in [0.15, 0.2) is 24.3 Å². The number of benzene rings is 1. The summed E-state index contributed by atoms with van der Waals surface area (Å²) in [6.45, 7) is 0.505. The van der Waals surface area contributed by atoms with Gasteiger partial charge < -0.3 is 15.4 Å². The van der Waals surface area contributed by atoms with E-state index in [-0.39, 0.29) is 12.5 Å². The van der Waals surface area contributed by atoms with Crippen molar-refractivity contribution in [3.63, 3.8) is 0 Å². The highest BCUT2D eigenvalue weighted by atomic mass is 127. The number of carbonyl (C=O) groups excluding carboxylic acids is 2. The molecule has 1 aliphatic heterocycles. The molecule has 5 nitrogen and oxygen atoms in total. The van der Waals surface area contributed by atoms with Gasteiger partial charge in [0.2, 0.25) is 5.91 Å². The topological polar surface area (TPSA) is 72.6 Å². The minimum absolute atomic E-state index is 0.0657. The Morgan fingerprint density at radius 2 is 2.10 bits per heavy atom. The van der Waals surface area contributed by atoms with Crippen molar-refractivity contribution < 1.29 is 14.3 Å². The lowest BCUT2D eigenvalue weighted by molar-refractivity contribution is -0.142. The van der Waals surface area contributed by atoms with Crippen LogP contribution in [0.4, 0.5) is 0 Å². The number of nitrogens with zero attached hydrogens (tertiary/aromatic N) is 1. The van der Waals surface area contributed by atoms with E-state index in [9.17, 15) is 9.59 Å². The molecule has 20 heavy (non-hydrogen) atoms. The molecule has 1 aliphatic rings. The van der Waals surface area contributed by atoms with Gasteiger partial charge in [0.05, 0.1) is 3.57 Å². The molecule has 0 bridgehead atoms. The Labute approximate surface area is 131 Å². The molecule has 1 fully saturated rings. The molecule has 0 radical (unpaired) electrons. The fourth-order valence-electron chi connectivity index (χ4n) is 2.31. The van der Waals surface area contributed by atoms with Crippen molar-refractivity contribution in [3.8, 4) is 5.75 Å². The van der Waals surface area contributed by atoms with Crippen LogP contribution in [-0.2, 0) is 9.59 Å². The van der Waals surface area contributed by atoms with E-state index in [1.165, 1.54) is 0 Å². The third kappa shape index (κ3) is 3.62. The van der Waals surface area contributed by atoms with Crippen LogP contribution in [0.3, 0.4) is 0 Å². The highest BCUT2D eigenvalue weighted by molar-refractivity contribution is 14.1. The summed E-state index contributed by atoms with van der Waals surface area (Å²) in [7, 11) is 0. The number of para-hydroxylation sites is 1. The molecule has 0 aromatic heterocycles. The van der Waals surface area contributed by atoms with Crippen molar-refractivity contribution >= 4 is 34.4 Å². The summed E-state index contributed by atoms with van der Waals surface area (Å²) in [5.74, 6) is 0.0505. The Balaban J connectivity index is 1.97. The number of primary amides is 1. The van der Waals surface area contributed by atoms with E-state index in [1.54, 1.807) is 4.90 Å². The fraction of sp³-hybridized carbons (Fsp3) is 0.429. The number of hydrogen-bond acceptors (Lipinski definition) is 3. The van der Waals surface area contributed by atoms with Gasteiger partial charge in [0.25, 0.3) is 5.91 Å². The molecule has 0 spiro atoms.